The third-order valence-corrected chi connectivity index (χ3v) is 5.58. The minimum atomic E-state index is -0.00528. The summed E-state index contributed by atoms with van der Waals surface area (Å²) in [7, 11) is 0. The van der Waals surface area contributed by atoms with Crippen LogP contribution in [0, 0.1) is 0 Å². The number of amides is 1. The minimum Gasteiger partial charge on any atom is -0.301 e. The number of thiazole rings is 1. The first-order valence-corrected chi connectivity index (χ1v) is 9.84. The summed E-state index contributed by atoms with van der Waals surface area (Å²) in [4.78, 5) is 16.6. The molecular formula is C17H20N4OS2. The van der Waals surface area contributed by atoms with Crippen molar-refractivity contribution in [2.24, 2.45) is 0 Å². The van der Waals surface area contributed by atoms with Crippen molar-refractivity contribution < 1.29 is 4.79 Å². The summed E-state index contributed by atoms with van der Waals surface area (Å²) in [6.07, 6.45) is 5.25. The fraction of sp³-hybridized carbons (Fsp3) is 0.412. The molecule has 0 fully saturated rings. The number of carbonyl (C=O) groups is 1. The van der Waals surface area contributed by atoms with E-state index in [-0.39, 0.29) is 5.91 Å². The average Bonchev–Trinajstić information content (AvgIpc) is 3.19. The maximum absolute atomic E-state index is 12.0. The smallest absolute Gasteiger partial charge is 0.226 e. The first-order valence-electron chi connectivity index (χ1n) is 8.21. The highest BCUT2D eigenvalue weighted by molar-refractivity contribution is 7.18. The van der Waals surface area contributed by atoms with Crippen molar-refractivity contribution in [3.05, 3.63) is 34.3 Å². The van der Waals surface area contributed by atoms with E-state index in [1.54, 1.807) is 11.3 Å². The van der Waals surface area contributed by atoms with Gasteiger partial charge in [-0.05, 0) is 31.4 Å². The van der Waals surface area contributed by atoms with Gasteiger partial charge < -0.3 is 5.32 Å². The van der Waals surface area contributed by atoms with Gasteiger partial charge in [0.25, 0.3) is 0 Å². The molecule has 0 aliphatic carbocycles. The molecule has 0 saturated heterocycles. The topological polar surface area (TPSA) is 67.8 Å². The number of aromatic nitrogens is 3. The largest absolute Gasteiger partial charge is 0.301 e. The van der Waals surface area contributed by atoms with Crippen LogP contribution in [0.1, 0.15) is 42.6 Å². The van der Waals surface area contributed by atoms with E-state index < -0.39 is 0 Å². The molecule has 0 bridgehead atoms. The van der Waals surface area contributed by atoms with Gasteiger partial charge in [0.1, 0.15) is 5.01 Å². The van der Waals surface area contributed by atoms with Gasteiger partial charge in [-0.3, -0.25) is 4.79 Å². The van der Waals surface area contributed by atoms with Gasteiger partial charge in [0.05, 0.1) is 15.2 Å². The number of para-hydroxylation sites is 1. The van der Waals surface area contributed by atoms with Crippen LogP contribution in [0.5, 0.6) is 0 Å². The molecule has 3 aromatic rings. The first-order chi connectivity index (χ1) is 11.7. The van der Waals surface area contributed by atoms with E-state index in [1.807, 2.05) is 18.2 Å². The number of nitrogens with one attached hydrogen (secondary N) is 1. The molecule has 1 aromatic carbocycles. The van der Waals surface area contributed by atoms with Gasteiger partial charge in [0.15, 0.2) is 0 Å². The van der Waals surface area contributed by atoms with E-state index in [9.17, 15) is 4.79 Å². The number of benzene rings is 1. The van der Waals surface area contributed by atoms with Crippen LogP contribution in [0.2, 0.25) is 0 Å². The third kappa shape index (κ3) is 4.58. The van der Waals surface area contributed by atoms with Crippen LogP contribution >= 0.6 is 22.7 Å². The van der Waals surface area contributed by atoms with Gasteiger partial charge >= 0.3 is 0 Å². The van der Waals surface area contributed by atoms with Gasteiger partial charge in [-0.2, -0.15) is 0 Å². The summed E-state index contributed by atoms with van der Waals surface area (Å²) in [6, 6.07) is 8.12. The average molecular weight is 361 g/mol. The molecular weight excluding hydrogens is 340 g/mol. The molecule has 1 amide bonds. The van der Waals surface area contributed by atoms with E-state index in [0.717, 1.165) is 47.6 Å². The molecule has 24 heavy (non-hydrogen) atoms. The van der Waals surface area contributed by atoms with Crippen LogP contribution in [0.25, 0.3) is 10.2 Å². The molecule has 5 nitrogen and oxygen atoms in total. The summed E-state index contributed by atoms with van der Waals surface area (Å²) >= 11 is 3.17. The number of aryl methyl sites for hydroxylation is 2. The van der Waals surface area contributed by atoms with Crippen molar-refractivity contribution in [3.63, 3.8) is 0 Å². The zero-order chi connectivity index (χ0) is 16.8. The summed E-state index contributed by atoms with van der Waals surface area (Å²) in [5, 5.41) is 13.7. The molecule has 2 heterocycles. The molecule has 1 N–H and O–H groups in total. The molecule has 2 aromatic heterocycles. The predicted octanol–water partition coefficient (Wildman–Crippen LogP) is 4.45. The molecule has 0 spiro atoms. The SMILES string of the molecule is CCCCc1nnc(NC(=O)CCCc2nc3ccccc3s2)s1. The van der Waals surface area contributed by atoms with Gasteiger partial charge in [0.2, 0.25) is 11.0 Å². The molecule has 0 radical (unpaired) electrons. The number of nitrogens with zero attached hydrogens (tertiary/aromatic N) is 3. The zero-order valence-corrected chi connectivity index (χ0v) is 15.3. The quantitative estimate of drug-likeness (QED) is 0.644. The van der Waals surface area contributed by atoms with Crippen molar-refractivity contribution in [1.29, 1.82) is 0 Å². The lowest BCUT2D eigenvalue weighted by atomic mass is 10.2. The second-order valence-electron chi connectivity index (χ2n) is 5.58. The lowest BCUT2D eigenvalue weighted by Crippen LogP contribution is -2.11. The monoisotopic (exact) mass is 360 g/mol. The zero-order valence-electron chi connectivity index (χ0n) is 13.6. The van der Waals surface area contributed by atoms with Gasteiger partial charge in [-0.15, -0.1) is 21.5 Å². The molecule has 0 saturated carbocycles. The summed E-state index contributed by atoms with van der Waals surface area (Å²) < 4.78 is 1.20. The highest BCUT2D eigenvalue weighted by Crippen LogP contribution is 2.23. The highest BCUT2D eigenvalue weighted by atomic mass is 32.1. The predicted molar refractivity (Wildman–Crippen MR) is 99.7 cm³/mol. The standard InChI is InChI=1S/C17H20N4OS2/c1-2-3-10-16-20-21-17(24-16)19-14(22)9-6-11-15-18-12-7-4-5-8-13(12)23-15/h4-5,7-8H,2-3,6,9-11H2,1H3,(H,19,21,22). The van der Waals surface area contributed by atoms with E-state index in [1.165, 1.54) is 16.0 Å². The number of hydrogen-bond acceptors (Lipinski definition) is 6. The van der Waals surface area contributed by atoms with Gasteiger partial charge in [-0.25, -0.2) is 4.98 Å². The van der Waals surface area contributed by atoms with Crippen molar-refractivity contribution in [1.82, 2.24) is 15.2 Å². The first kappa shape index (κ1) is 17.0. The van der Waals surface area contributed by atoms with Crippen molar-refractivity contribution in [3.8, 4) is 0 Å². The minimum absolute atomic E-state index is 0.00528. The van der Waals surface area contributed by atoms with Crippen LogP contribution < -0.4 is 5.32 Å². The lowest BCUT2D eigenvalue weighted by Gasteiger charge is -1.99. The molecule has 126 valence electrons. The fourth-order valence-electron chi connectivity index (χ4n) is 2.34. The Morgan fingerprint density at radius 2 is 1.92 bits per heavy atom. The number of rotatable bonds is 8. The van der Waals surface area contributed by atoms with Crippen LogP contribution in [0.15, 0.2) is 24.3 Å². The molecule has 3 rings (SSSR count). The summed E-state index contributed by atoms with van der Waals surface area (Å²) in [5.41, 5.74) is 1.04. The molecule has 0 aliphatic heterocycles. The van der Waals surface area contributed by atoms with Crippen LogP contribution in [-0.4, -0.2) is 21.1 Å². The van der Waals surface area contributed by atoms with Crippen molar-refractivity contribution in [2.45, 2.75) is 45.4 Å². The van der Waals surface area contributed by atoms with Gasteiger partial charge in [-0.1, -0.05) is 36.8 Å². The fourth-order valence-corrected chi connectivity index (χ4v) is 4.15. The van der Waals surface area contributed by atoms with Gasteiger partial charge in [0, 0.05) is 12.8 Å². The van der Waals surface area contributed by atoms with Crippen molar-refractivity contribution in [2.75, 3.05) is 5.32 Å². The maximum Gasteiger partial charge on any atom is 0.226 e. The Balaban J connectivity index is 1.44. The second kappa shape index (κ2) is 8.30. The summed E-state index contributed by atoms with van der Waals surface area (Å²) in [6.45, 7) is 2.15. The van der Waals surface area contributed by atoms with Crippen LogP contribution in [0.4, 0.5) is 5.13 Å². The number of carbonyl (C=O) groups excluding carboxylic acids is 1. The highest BCUT2D eigenvalue weighted by Gasteiger charge is 2.09. The van der Waals surface area contributed by atoms with E-state index >= 15 is 0 Å². The molecule has 7 heteroatoms. The summed E-state index contributed by atoms with van der Waals surface area (Å²) in [5.74, 6) is -0.00528. The van der Waals surface area contributed by atoms with Crippen molar-refractivity contribution >= 4 is 43.9 Å². The van der Waals surface area contributed by atoms with Crippen LogP contribution in [-0.2, 0) is 17.6 Å². The number of unbranched alkanes of at least 4 members (excludes halogenated alkanes) is 1. The number of anilines is 1. The molecule has 0 atom stereocenters. The molecule has 0 aliphatic rings. The Morgan fingerprint density at radius 3 is 2.75 bits per heavy atom. The molecule has 0 unspecified atom stereocenters. The third-order valence-electron chi connectivity index (χ3n) is 3.59. The number of hydrogen-bond donors (Lipinski definition) is 1. The van der Waals surface area contributed by atoms with E-state index in [4.69, 9.17) is 0 Å². The van der Waals surface area contributed by atoms with E-state index in [2.05, 4.69) is 33.5 Å². The Hall–Kier alpha value is -1.86. The Kier molecular flexibility index (Phi) is 5.87. The van der Waals surface area contributed by atoms with Crippen LogP contribution in [0.3, 0.4) is 0 Å². The second-order valence-corrected chi connectivity index (χ2v) is 7.76. The Labute approximate surface area is 149 Å². The normalized spacial score (nSPS) is 11.0. The lowest BCUT2D eigenvalue weighted by molar-refractivity contribution is -0.116. The number of fused-ring (bicyclic) bond motifs is 1. The Morgan fingerprint density at radius 1 is 1.08 bits per heavy atom. The maximum atomic E-state index is 12.0. The van der Waals surface area contributed by atoms with E-state index in [0.29, 0.717) is 11.6 Å². The Bertz CT molecular complexity index is 779.